The van der Waals surface area contributed by atoms with Crippen LogP contribution in [-0.4, -0.2) is 23.9 Å². The molecule has 0 amide bonds. The standard InChI is InChI=1S/C8H8O6S/c1-5(9)6-2-3-8(7(10)4-6)14-15(11,12)13/h2-4,10H,1H3,(H,11,12,13). The smallest absolute Gasteiger partial charge is 0.446 e. The first kappa shape index (κ1) is 11.5. The summed E-state index contributed by atoms with van der Waals surface area (Å²) < 4.78 is 33.0. The summed E-state index contributed by atoms with van der Waals surface area (Å²) in [6.45, 7) is 1.29. The quantitative estimate of drug-likeness (QED) is 0.589. The number of ketones is 1. The minimum absolute atomic E-state index is 0.204. The zero-order chi connectivity index (χ0) is 11.6. The lowest BCUT2D eigenvalue weighted by atomic mass is 10.1. The number of phenols is 1. The van der Waals surface area contributed by atoms with Crippen molar-refractivity contribution in [1.29, 1.82) is 0 Å². The van der Waals surface area contributed by atoms with E-state index in [0.717, 1.165) is 12.1 Å². The number of aromatic hydroxyl groups is 1. The van der Waals surface area contributed by atoms with Gasteiger partial charge in [0.15, 0.2) is 17.3 Å². The van der Waals surface area contributed by atoms with E-state index in [4.69, 9.17) is 4.55 Å². The molecule has 6 nitrogen and oxygen atoms in total. The summed E-state index contributed by atoms with van der Waals surface area (Å²) in [5, 5.41) is 9.25. The Morgan fingerprint density at radius 2 is 2.00 bits per heavy atom. The maximum atomic E-state index is 10.9. The summed E-state index contributed by atoms with van der Waals surface area (Å²) in [6.07, 6.45) is 0. The van der Waals surface area contributed by atoms with E-state index < -0.39 is 21.9 Å². The molecule has 0 aliphatic heterocycles. The second kappa shape index (κ2) is 3.87. The Hall–Kier alpha value is -1.60. The highest BCUT2D eigenvalue weighted by atomic mass is 32.3. The van der Waals surface area contributed by atoms with E-state index in [-0.39, 0.29) is 11.3 Å². The molecule has 0 bridgehead atoms. The molecule has 0 unspecified atom stereocenters. The maximum Gasteiger partial charge on any atom is 0.446 e. The topological polar surface area (TPSA) is 101 Å². The molecule has 1 rings (SSSR count). The summed E-state index contributed by atoms with van der Waals surface area (Å²) in [4.78, 5) is 10.9. The predicted molar refractivity (Wildman–Crippen MR) is 50.3 cm³/mol. The molecule has 0 saturated heterocycles. The van der Waals surface area contributed by atoms with E-state index in [0.29, 0.717) is 0 Å². The van der Waals surface area contributed by atoms with Crippen molar-refractivity contribution in [3.05, 3.63) is 23.8 Å². The fourth-order valence-corrected chi connectivity index (χ4v) is 1.29. The molecule has 82 valence electrons. The second-order valence-electron chi connectivity index (χ2n) is 2.75. The van der Waals surface area contributed by atoms with Crippen molar-refractivity contribution in [2.75, 3.05) is 0 Å². The molecule has 0 aliphatic carbocycles. The lowest BCUT2D eigenvalue weighted by molar-refractivity contribution is 0.101. The predicted octanol–water partition coefficient (Wildman–Crippen LogP) is 0.776. The zero-order valence-corrected chi connectivity index (χ0v) is 8.48. The van der Waals surface area contributed by atoms with E-state index in [2.05, 4.69) is 4.18 Å². The van der Waals surface area contributed by atoms with Crippen molar-refractivity contribution < 1.29 is 27.1 Å². The molecule has 0 fully saturated rings. The normalized spacial score (nSPS) is 11.1. The van der Waals surface area contributed by atoms with Crippen molar-refractivity contribution >= 4 is 16.2 Å². The second-order valence-corrected chi connectivity index (χ2v) is 3.77. The van der Waals surface area contributed by atoms with E-state index in [9.17, 15) is 18.3 Å². The van der Waals surface area contributed by atoms with Crippen LogP contribution in [0, 0.1) is 0 Å². The van der Waals surface area contributed by atoms with Crippen molar-refractivity contribution in [2.24, 2.45) is 0 Å². The molecule has 0 heterocycles. The van der Waals surface area contributed by atoms with Crippen LogP contribution in [0.3, 0.4) is 0 Å². The summed E-state index contributed by atoms with van der Waals surface area (Å²) in [7, 11) is -4.68. The van der Waals surface area contributed by atoms with E-state index in [1.54, 1.807) is 0 Å². The largest absolute Gasteiger partial charge is 0.504 e. The van der Waals surface area contributed by atoms with Crippen LogP contribution in [0.25, 0.3) is 0 Å². The molecule has 0 aliphatic rings. The lowest BCUT2D eigenvalue weighted by Gasteiger charge is -2.04. The van der Waals surface area contributed by atoms with Crippen LogP contribution in [0.2, 0.25) is 0 Å². The third kappa shape index (κ3) is 3.22. The fourth-order valence-electron chi connectivity index (χ4n) is 0.920. The van der Waals surface area contributed by atoms with Gasteiger partial charge in [0.2, 0.25) is 0 Å². The monoisotopic (exact) mass is 232 g/mol. The van der Waals surface area contributed by atoms with Gasteiger partial charge in [0, 0.05) is 5.56 Å². The summed E-state index contributed by atoms with van der Waals surface area (Å²) >= 11 is 0. The third-order valence-corrected chi connectivity index (χ3v) is 1.95. The number of phenolic OH excluding ortho intramolecular Hbond substituents is 1. The van der Waals surface area contributed by atoms with Gasteiger partial charge in [-0.05, 0) is 25.1 Å². The van der Waals surface area contributed by atoms with Gasteiger partial charge in [-0.1, -0.05) is 0 Å². The van der Waals surface area contributed by atoms with Gasteiger partial charge in [0.05, 0.1) is 0 Å². The Kier molecular flexibility index (Phi) is 2.96. The molecule has 0 atom stereocenters. The molecule has 0 saturated carbocycles. The first-order valence-electron chi connectivity index (χ1n) is 3.80. The van der Waals surface area contributed by atoms with Crippen molar-refractivity contribution in [3.8, 4) is 11.5 Å². The van der Waals surface area contributed by atoms with Crippen LogP contribution in [0.1, 0.15) is 17.3 Å². The molecular formula is C8H8O6S. The van der Waals surface area contributed by atoms with Crippen molar-refractivity contribution in [2.45, 2.75) is 6.92 Å². The average molecular weight is 232 g/mol. The van der Waals surface area contributed by atoms with Gasteiger partial charge in [-0.15, -0.1) is 0 Å². The molecule has 7 heteroatoms. The van der Waals surface area contributed by atoms with E-state index in [1.807, 2.05) is 0 Å². The van der Waals surface area contributed by atoms with Crippen molar-refractivity contribution in [1.82, 2.24) is 0 Å². The van der Waals surface area contributed by atoms with Gasteiger partial charge in [-0.25, -0.2) is 0 Å². The summed E-state index contributed by atoms with van der Waals surface area (Å²) in [5.74, 6) is -1.27. The number of hydrogen-bond acceptors (Lipinski definition) is 5. The number of rotatable bonds is 3. The minimum Gasteiger partial charge on any atom is -0.504 e. The van der Waals surface area contributed by atoms with Gasteiger partial charge in [0.25, 0.3) is 0 Å². The van der Waals surface area contributed by atoms with Crippen LogP contribution in [0.5, 0.6) is 11.5 Å². The Bertz CT molecular complexity index is 490. The minimum atomic E-state index is -4.68. The van der Waals surface area contributed by atoms with Gasteiger partial charge < -0.3 is 9.29 Å². The Balaban J connectivity index is 3.09. The summed E-state index contributed by atoms with van der Waals surface area (Å²) in [5.41, 5.74) is 0.204. The number of benzene rings is 1. The molecule has 1 aromatic carbocycles. The van der Waals surface area contributed by atoms with Crippen LogP contribution in [0.4, 0.5) is 0 Å². The molecule has 15 heavy (non-hydrogen) atoms. The fraction of sp³-hybridized carbons (Fsp3) is 0.125. The Morgan fingerprint density at radius 3 is 2.40 bits per heavy atom. The lowest BCUT2D eigenvalue weighted by Crippen LogP contribution is -2.07. The Labute approximate surface area is 86.1 Å². The van der Waals surface area contributed by atoms with Crippen LogP contribution >= 0.6 is 0 Å². The average Bonchev–Trinajstić information content (AvgIpc) is 2.05. The van der Waals surface area contributed by atoms with E-state index in [1.165, 1.54) is 13.0 Å². The number of carbonyl (C=O) groups is 1. The zero-order valence-electron chi connectivity index (χ0n) is 7.67. The Morgan fingerprint density at radius 1 is 1.40 bits per heavy atom. The highest BCUT2D eigenvalue weighted by Crippen LogP contribution is 2.27. The molecule has 2 N–H and O–H groups in total. The number of Topliss-reactive ketones (excluding diaryl/α,β-unsaturated/α-hetero) is 1. The summed E-state index contributed by atoms with van der Waals surface area (Å²) in [6, 6.07) is 3.38. The maximum absolute atomic E-state index is 10.9. The van der Waals surface area contributed by atoms with Gasteiger partial charge in [-0.2, -0.15) is 8.42 Å². The highest BCUT2D eigenvalue weighted by molar-refractivity contribution is 7.81. The molecule has 0 radical (unpaired) electrons. The molecule has 0 spiro atoms. The first-order valence-corrected chi connectivity index (χ1v) is 5.17. The van der Waals surface area contributed by atoms with Gasteiger partial charge >= 0.3 is 10.4 Å². The van der Waals surface area contributed by atoms with Gasteiger partial charge in [-0.3, -0.25) is 9.35 Å². The SMILES string of the molecule is CC(=O)c1ccc(OS(=O)(=O)O)c(O)c1. The molecular weight excluding hydrogens is 224 g/mol. The molecule has 1 aromatic rings. The van der Waals surface area contributed by atoms with E-state index >= 15 is 0 Å². The third-order valence-electron chi connectivity index (χ3n) is 1.56. The van der Waals surface area contributed by atoms with Crippen LogP contribution in [0.15, 0.2) is 18.2 Å². The molecule has 0 aromatic heterocycles. The van der Waals surface area contributed by atoms with Gasteiger partial charge in [0.1, 0.15) is 0 Å². The number of carbonyl (C=O) groups excluding carboxylic acids is 1. The number of hydrogen-bond donors (Lipinski definition) is 2. The highest BCUT2D eigenvalue weighted by Gasteiger charge is 2.12. The van der Waals surface area contributed by atoms with Crippen LogP contribution < -0.4 is 4.18 Å². The van der Waals surface area contributed by atoms with Crippen LogP contribution in [-0.2, 0) is 10.4 Å². The van der Waals surface area contributed by atoms with Crippen molar-refractivity contribution in [3.63, 3.8) is 0 Å². The first-order chi connectivity index (χ1) is 6.79.